The number of aliphatic hydroxyl groups excluding tert-OH is 1. The van der Waals surface area contributed by atoms with Gasteiger partial charge < -0.3 is 10.4 Å². The molecule has 3 nitrogen and oxygen atoms in total. The first-order valence-electron chi connectivity index (χ1n) is 7.18. The monoisotopic (exact) mass is 317 g/mol. The van der Waals surface area contributed by atoms with Crippen molar-refractivity contribution >= 4 is 17.5 Å². The Kier molecular flexibility index (Phi) is 5.22. The number of hydrogen-bond acceptors (Lipinski definition) is 2. The molecule has 116 valence electrons. The molecule has 1 atom stereocenters. The number of rotatable bonds is 4. The number of amides is 1. The zero-order valence-corrected chi connectivity index (χ0v) is 13.7. The Bertz CT molecular complexity index is 680. The molecule has 0 heterocycles. The summed E-state index contributed by atoms with van der Waals surface area (Å²) in [5.41, 5.74) is 4.38. The van der Waals surface area contributed by atoms with Crippen molar-refractivity contribution in [1.29, 1.82) is 0 Å². The van der Waals surface area contributed by atoms with Crippen LogP contribution in [0.5, 0.6) is 0 Å². The van der Waals surface area contributed by atoms with Gasteiger partial charge in [-0.2, -0.15) is 0 Å². The number of benzene rings is 2. The summed E-state index contributed by atoms with van der Waals surface area (Å²) in [5.74, 6) is -0.278. The van der Waals surface area contributed by atoms with Gasteiger partial charge in [-0.3, -0.25) is 4.79 Å². The van der Waals surface area contributed by atoms with Crippen molar-refractivity contribution in [3.05, 3.63) is 69.2 Å². The van der Waals surface area contributed by atoms with Gasteiger partial charge in [-0.1, -0.05) is 41.4 Å². The van der Waals surface area contributed by atoms with Gasteiger partial charge in [0.1, 0.15) is 0 Å². The summed E-state index contributed by atoms with van der Waals surface area (Å²) in [4.78, 5) is 12.2. The molecule has 0 aliphatic heterocycles. The third kappa shape index (κ3) is 3.87. The summed E-state index contributed by atoms with van der Waals surface area (Å²) < 4.78 is 0. The van der Waals surface area contributed by atoms with Gasteiger partial charge in [0.2, 0.25) is 0 Å². The fraction of sp³-hybridized carbons (Fsp3) is 0.278. The quantitative estimate of drug-likeness (QED) is 0.902. The van der Waals surface area contributed by atoms with Crippen molar-refractivity contribution in [2.24, 2.45) is 0 Å². The van der Waals surface area contributed by atoms with Gasteiger partial charge in [0.25, 0.3) is 5.91 Å². The summed E-state index contributed by atoms with van der Waals surface area (Å²) >= 11 is 6.12. The maximum absolute atomic E-state index is 12.2. The van der Waals surface area contributed by atoms with E-state index in [2.05, 4.69) is 5.32 Å². The maximum atomic E-state index is 12.2. The highest BCUT2D eigenvalue weighted by molar-refractivity contribution is 6.34. The van der Waals surface area contributed by atoms with Gasteiger partial charge >= 0.3 is 0 Å². The van der Waals surface area contributed by atoms with E-state index in [-0.39, 0.29) is 12.5 Å². The highest BCUT2D eigenvalue weighted by Gasteiger charge is 2.14. The Hall–Kier alpha value is -1.84. The molecule has 1 unspecified atom stereocenters. The van der Waals surface area contributed by atoms with Crippen molar-refractivity contribution in [3.8, 4) is 0 Å². The van der Waals surface area contributed by atoms with Crippen LogP contribution in [0.3, 0.4) is 0 Å². The van der Waals surface area contributed by atoms with Gasteiger partial charge in [-0.05, 0) is 49.6 Å². The summed E-state index contributed by atoms with van der Waals surface area (Å²) in [6.07, 6.45) is -0.741. The van der Waals surface area contributed by atoms with Crippen LogP contribution in [-0.4, -0.2) is 17.6 Å². The normalized spacial score (nSPS) is 12.0. The highest BCUT2D eigenvalue weighted by atomic mass is 35.5. The van der Waals surface area contributed by atoms with Crippen molar-refractivity contribution < 1.29 is 9.90 Å². The average Bonchev–Trinajstić information content (AvgIpc) is 2.49. The molecule has 4 heteroatoms. The molecule has 0 bridgehead atoms. The van der Waals surface area contributed by atoms with Gasteiger partial charge in [-0.15, -0.1) is 0 Å². The summed E-state index contributed by atoms with van der Waals surface area (Å²) in [7, 11) is 0. The van der Waals surface area contributed by atoms with Gasteiger partial charge in [0, 0.05) is 6.54 Å². The molecule has 0 saturated heterocycles. The molecule has 2 N–H and O–H groups in total. The molecule has 0 saturated carbocycles. The van der Waals surface area contributed by atoms with Gasteiger partial charge in [0.05, 0.1) is 16.7 Å². The highest BCUT2D eigenvalue weighted by Crippen LogP contribution is 2.21. The largest absolute Gasteiger partial charge is 0.387 e. The lowest BCUT2D eigenvalue weighted by molar-refractivity contribution is 0.0916. The summed E-state index contributed by atoms with van der Waals surface area (Å²) in [6.45, 7) is 6.01. The Morgan fingerprint density at radius 2 is 1.73 bits per heavy atom. The standard InChI is InChI=1S/C18H20ClNO2/c1-11-4-6-14(7-5-11)17(21)10-20-18(22)15-8-12(2)13(3)9-16(15)19/h4-9,17,21H,10H2,1-3H3,(H,20,22). The summed E-state index contributed by atoms with van der Waals surface area (Å²) in [5, 5.41) is 13.3. The maximum Gasteiger partial charge on any atom is 0.252 e. The van der Waals surface area contributed by atoms with E-state index >= 15 is 0 Å². The second-order valence-electron chi connectivity index (χ2n) is 5.55. The SMILES string of the molecule is Cc1ccc(C(O)CNC(=O)c2cc(C)c(C)cc2Cl)cc1. The molecule has 0 spiro atoms. The van der Waals surface area contributed by atoms with E-state index in [0.717, 1.165) is 22.3 Å². The van der Waals surface area contributed by atoms with Crippen LogP contribution in [0, 0.1) is 20.8 Å². The van der Waals surface area contributed by atoms with E-state index in [1.165, 1.54) is 0 Å². The van der Waals surface area contributed by atoms with E-state index in [4.69, 9.17) is 11.6 Å². The lowest BCUT2D eigenvalue weighted by Crippen LogP contribution is -2.28. The fourth-order valence-corrected chi connectivity index (χ4v) is 2.45. The lowest BCUT2D eigenvalue weighted by atomic mass is 10.1. The van der Waals surface area contributed by atoms with E-state index in [1.54, 1.807) is 12.1 Å². The molecule has 2 aromatic carbocycles. The van der Waals surface area contributed by atoms with Crippen LogP contribution in [0.15, 0.2) is 36.4 Å². The Morgan fingerprint density at radius 1 is 1.14 bits per heavy atom. The molecule has 0 radical (unpaired) electrons. The van der Waals surface area contributed by atoms with Gasteiger partial charge in [0.15, 0.2) is 0 Å². The number of aryl methyl sites for hydroxylation is 3. The fourth-order valence-electron chi connectivity index (χ4n) is 2.15. The van der Waals surface area contributed by atoms with Crippen LogP contribution >= 0.6 is 11.6 Å². The Labute approximate surface area is 135 Å². The molecule has 2 rings (SSSR count). The molecule has 0 aromatic heterocycles. The van der Waals surface area contributed by atoms with E-state index < -0.39 is 6.10 Å². The van der Waals surface area contributed by atoms with Crippen LogP contribution < -0.4 is 5.32 Å². The molecular weight excluding hydrogens is 298 g/mol. The topological polar surface area (TPSA) is 49.3 Å². The minimum atomic E-state index is -0.741. The van der Waals surface area contributed by atoms with Crippen LogP contribution in [0.25, 0.3) is 0 Å². The third-order valence-electron chi connectivity index (χ3n) is 3.75. The number of nitrogens with one attached hydrogen (secondary N) is 1. The molecule has 1 amide bonds. The first kappa shape index (κ1) is 16.5. The molecule has 2 aromatic rings. The van der Waals surface area contributed by atoms with Crippen LogP contribution in [0.1, 0.15) is 38.7 Å². The van der Waals surface area contributed by atoms with Crippen LogP contribution in [-0.2, 0) is 0 Å². The lowest BCUT2D eigenvalue weighted by Gasteiger charge is -2.14. The third-order valence-corrected chi connectivity index (χ3v) is 4.06. The second-order valence-corrected chi connectivity index (χ2v) is 5.96. The van der Waals surface area contributed by atoms with E-state index in [0.29, 0.717) is 10.6 Å². The zero-order valence-electron chi connectivity index (χ0n) is 13.0. The number of hydrogen-bond donors (Lipinski definition) is 2. The molecule has 22 heavy (non-hydrogen) atoms. The van der Waals surface area contributed by atoms with E-state index in [9.17, 15) is 9.90 Å². The first-order valence-corrected chi connectivity index (χ1v) is 7.56. The van der Waals surface area contributed by atoms with Crippen LogP contribution in [0.4, 0.5) is 0 Å². The van der Waals surface area contributed by atoms with Crippen molar-refractivity contribution in [1.82, 2.24) is 5.32 Å². The molecular formula is C18H20ClNO2. The van der Waals surface area contributed by atoms with Crippen molar-refractivity contribution in [3.63, 3.8) is 0 Å². The first-order chi connectivity index (χ1) is 10.4. The Morgan fingerprint density at radius 3 is 2.36 bits per heavy atom. The number of halogens is 1. The predicted octanol–water partition coefficient (Wildman–Crippen LogP) is 3.73. The minimum absolute atomic E-state index is 0.144. The second kappa shape index (κ2) is 6.95. The van der Waals surface area contributed by atoms with Crippen molar-refractivity contribution in [2.75, 3.05) is 6.54 Å². The van der Waals surface area contributed by atoms with Gasteiger partial charge in [-0.25, -0.2) is 0 Å². The zero-order chi connectivity index (χ0) is 16.3. The summed E-state index contributed by atoms with van der Waals surface area (Å²) in [6, 6.07) is 11.1. The predicted molar refractivity (Wildman–Crippen MR) is 89.4 cm³/mol. The smallest absolute Gasteiger partial charge is 0.252 e. The minimum Gasteiger partial charge on any atom is -0.387 e. The number of carbonyl (C=O) groups excluding carboxylic acids is 1. The number of aliphatic hydroxyl groups is 1. The molecule has 0 fully saturated rings. The Balaban J connectivity index is 2.03. The molecule has 0 aliphatic carbocycles. The van der Waals surface area contributed by atoms with E-state index in [1.807, 2.05) is 45.0 Å². The number of carbonyl (C=O) groups is 1. The average molecular weight is 318 g/mol. The van der Waals surface area contributed by atoms with Crippen LogP contribution in [0.2, 0.25) is 5.02 Å². The molecule has 0 aliphatic rings. The van der Waals surface area contributed by atoms with Crippen molar-refractivity contribution in [2.45, 2.75) is 26.9 Å².